The lowest BCUT2D eigenvalue weighted by Crippen LogP contribution is -2.55. The number of benzene rings is 4. The van der Waals surface area contributed by atoms with Crippen LogP contribution in [0.4, 0.5) is 0 Å². The van der Waals surface area contributed by atoms with Gasteiger partial charge in [0.05, 0.1) is 12.6 Å². The summed E-state index contributed by atoms with van der Waals surface area (Å²) in [4.78, 5) is 81.7. The molecule has 0 radical (unpaired) electrons. The number of unbranched alkanes of at least 4 members (excludes halogenated alkanes) is 2. The quantitative estimate of drug-likeness (QED) is 0.0580. The van der Waals surface area contributed by atoms with Crippen LogP contribution >= 0.6 is 0 Å². The van der Waals surface area contributed by atoms with Crippen molar-refractivity contribution in [3.63, 3.8) is 0 Å². The average molecular weight is 864 g/mol. The zero-order chi connectivity index (χ0) is 45.8. The maximum Gasteiger partial charge on any atom is 0.326 e. The minimum absolute atomic E-state index is 0.0822. The van der Waals surface area contributed by atoms with E-state index in [0.717, 1.165) is 35.3 Å². The van der Waals surface area contributed by atoms with E-state index in [1.54, 1.807) is 12.1 Å². The van der Waals surface area contributed by atoms with Gasteiger partial charge >= 0.3 is 5.97 Å². The van der Waals surface area contributed by atoms with E-state index in [4.69, 9.17) is 11.5 Å². The molecule has 4 bridgehead atoms. The minimum atomic E-state index is -1.47. The zero-order valence-corrected chi connectivity index (χ0v) is 35.7. The molecular weight excluding hydrogens is 807 g/mol. The fourth-order valence-corrected chi connectivity index (χ4v) is 7.44. The SMILES string of the molecule is CCCCc1ccc(-c2ccc(C(=O)NC(N)CC(=O)NC(CCCCN)C(=O)N(C)C3C(=O)NC(C)C(=O)NC(C(=O)O)Cc4ccc(O)c(c4)-c4cc3ccc4O)cc2)cc1. The van der Waals surface area contributed by atoms with Crippen molar-refractivity contribution in [1.29, 1.82) is 0 Å². The minimum Gasteiger partial charge on any atom is -0.507 e. The zero-order valence-electron chi connectivity index (χ0n) is 35.7. The normalized spacial score (nSPS) is 17.3. The van der Waals surface area contributed by atoms with Crippen LogP contribution < -0.4 is 32.7 Å². The number of aliphatic carboxylic acids is 1. The van der Waals surface area contributed by atoms with Crippen LogP contribution in [-0.2, 0) is 36.8 Å². The van der Waals surface area contributed by atoms with Crippen molar-refractivity contribution in [1.82, 2.24) is 26.2 Å². The van der Waals surface area contributed by atoms with E-state index in [1.807, 2.05) is 24.3 Å². The van der Waals surface area contributed by atoms with Crippen LogP contribution in [0, 0.1) is 0 Å². The van der Waals surface area contributed by atoms with Gasteiger partial charge in [0.25, 0.3) is 5.91 Å². The first-order valence-corrected chi connectivity index (χ1v) is 21.1. The van der Waals surface area contributed by atoms with Gasteiger partial charge in [0.1, 0.15) is 35.7 Å². The Bertz CT molecular complexity index is 2280. The Hall–Kier alpha value is -6.78. The van der Waals surface area contributed by atoms with Crippen molar-refractivity contribution in [2.75, 3.05) is 13.6 Å². The largest absolute Gasteiger partial charge is 0.507 e. The van der Waals surface area contributed by atoms with Crippen LogP contribution in [0.3, 0.4) is 0 Å². The smallest absolute Gasteiger partial charge is 0.326 e. The molecule has 63 heavy (non-hydrogen) atoms. The summed E-state index contributed by atoms with van der Waals surface area (Å²) in [6.45, 7) is 3.83. The van der Waals surface area contributed by atoms with Gasteiger partial charge in [-0.15, -0.1) is 0 Å². The Morgan fingerprint density at radius 2 is 1.46 bits per heavy atom. The number of carboxylic acids is 1. The van der Waals surface area contributed by atoms with Crippen LogP contribution in [0.1, 0.15) is 85.5 Å². The monoisotopic (exact) mass is 863 g/mol. The van der Waals surface area contributed by atoms with Crippen LogP contribution in [0.2, 0.25) is 0 Å². The number of likely N-dealkylation sites (N-methyl/N-ethyl adjacent to an activating group) is 1. The topological polar surface area (TPSA) is 267 Å². The molecule has 16 heteroatoms. The number of hydrogen-bond acceptors (Lipinski definition) is 10. The van der Waals surface area contributed by atoms with Gasteiger partial charge in [-0.2, -0.15) is 0 Å². The summed E-state index contributed by atoms with van der Waals surface area (Å²) in [6, 6.07) is 18.4. The van der Waals surface area contributed by atoms with Gasteiger partial charge in [0.2, 0.25) is 23.6 Å². The summed E-state index contributed by atoms with van der Waals surface area (Å²) in [7, 11) is 1.34. The number of rotatable bonds is 16. The van der Waals surface area contributed by atoms with Crippen molar-refractivity contribution >= 4 is 35.5 Å². The predicted octanol–water partition coefficient (Wildman–Crippen LogP) is 3.62. The number of carbonyl (C=O) groups excluding carboxylic acids is 5. The molecule has 4 aromatic rings. The highest BCUT2D eigenvalue weighted by molar-refractivity contribution is 5.97. The highest BCUT2D eigenvalue weighted by Gasteiger charge is 2.36. The second-order valence-electron chi connectivity index (χ2n) is 15.9. The first-order valence-electron chi connectivity index (χ1n) is 21.1. The molecular formula is C47H57N7O9. The molecule has 0 fully saturated rings. The number of carboxylic acid groups (broad SMARTS) is 1. The summed E-state index contributed by atoms with van der Waals surface area (Å²) >= 11 is 0. The Morgan fingerprint density at radius 3 is 2.10 bits per heavy atom. The van der Waals surface area contributed by atoms with Gasteiger partial charge < -0.3 is 53.0 Å². The molecule has 1 aliphatic heterocycles. The molecule has 334 valence electrons. The number of nitrogens with two attached hydrogens (primary N) is 2. The molecule has 16 nitrogen and oxygen atoms in total. The number of phenols is 2. The number of phenolic OH excluding ortho intramolecular Hbond substituents is 2. The molecule has 4 aromatic carbocycles. The molecule has 0 aromatic heterocycles. The third-order valence-electron chi connectivity index (χ3n) is 11.0. The van der Waals surface area contributed by atoms with E-state index < -0.39 is 72.3 Å². The Kier molecular flexibility index (Phi) is 16.4. The molecule has 0 saturated carbocycles. The van der Waals surface area contributed by atoms with E-state index in [9.17, 15) is 44.1 Å². The second-order valence-corrected chi connectivity index (χ2v) is 15.9. The second kappa shape index (κ2) is 21.8. The summed E-state index contributed by atoms with van der Waals surface area (Å²) in [5.74, 6) is -5.37. The molecule has 0 aliphatic carbocycles. The van der Waals surface area contributed by atoms with Gasteiger partial charge in [-0.25, -0.2) is 4.79 Å². The predicted molar refractivity (Wildman–Crippen MR) is 237 cm³/mol. The number of nitrogens with one attached hydrogen (secondary N) is 4. The van der Waals surface area contributed by atoms with E-state index in [2.05, 4.69) is 40.3 Å². The van der Waals surface area contributed by atoms with E-state index in [1.165, 1.54) is 55.9 Å². The number of fused-ring (bicyclic) bond motifs is 5. The highest BCUT2D eigenvalue weighted by Crippen LogP contribution is 2.39. The number of hydrogen-bond donors (Lipinski definition) is 9. The molecule has 0 spiro atoms. The number of aryl methyl sites for hydroxylation is 1. The molecule has 5 atom stereocenters. The van der Waals surface area contributed by atoms with E-state index >= 15 is 0 Å². The maximum absolute atomic E-state index is 14.4. The number of carbonyl (C=O) groups is 6. The fourth-order valence-electron chi connectivity index (χ4n) is 7.44. The third-order valence-corrected chi connectivity index (χ3v) is 11.0. The van der Waals surface area contributed by atoms with Crippen LogP contribution in [0.15, 0.2) is 84.9 Å². The molecule has 5 amide bonds. The first kappa shape index (κ1) is 47.3. The van der Waals surface area contributed by atoms with Gasteiger partial charge in [-0.1, -0.05) is 61.9 Å². The number of aromatic hydroxyl groups is 2. The Balaban J connectivity index is 1.34. The lowest BCUT2D eigenvalue weighted by molar-refractivity contribution is -0.144. The summed E-state index contributed by atoms with van der Waals surface area (Å²) in [5.41, 5.74) is 16.3. The molecule has 0 saturated heterocycles. The molecule has 5 unspecified atom stereocenters. The number of nitrogens with zero attached hydrogens (tertiary/aromatic N) is 1. The van der Waals surface area contributed by atoms with E-state index in [0.29, 0.717) is 30.5 Å². The lowest BCUT2D eigenvalue weighted by atomic mass is 9.93. The Morgan fingerprint density at radius 1 is 0.825 bits per heavy atom. The van der Waals surface area contributed by atoms with Crippen molar-refractivity contribution in [3.05, 3.63) is 107 Å². The molecule has 5 rings (SSSR count). The van der Waals surface area contributed by atoms with E-state index in [-0.39, 0.29) is 41.0 Å². The lowest BCUT2D eigenvalue weighted by Gasteiger charge is -2.32. The van der Waals surface area contributed by atoms with Crippen LogP contribution in [0.25, 0.3) is 22.3 Å². The van der Waals surface area contributed by atoms with Crippen LogP contribution in [0.5, 0.6) is 11.5 Å². The molecule has 1 aliphatic rings. The standard InChI is InChI=1S/C47H57N7O9/c1-4-5-8-28-10-13-30(14-11-28)31-15-17-32(18-16-31)44(59)53-40(49)26-41(57)51-36(9-6-7-22-48)46(61)54(3)42-33-19-21-39(56)35(25-33)34-23-29(12-20-38(34)55)24-37(47(62)63)52-43(58)27(2)50-45(42)60/h10-21,23,25,27,36-37,40,42,55-56H,4-9,22,24,26,48-49H2,1-3H3,(H,50,60)(H,51,57)(H,52,58)(H,53,59)(H,62,63). The fraction of sp³-hybridized carbons (Fsp3) is 0.362. The molecule has 11 N–H and O–H groups in total. The van der Waals surface area contributed by atoms with Crippen molar-refractivity contribution in [2.24, 2.45) is 11.5 Å². The van der Waals surface area contributed by atoms with Crippen molar-refractivity contribution < 1.29 is 44.1 Å². The van der Waals surface area contributed by atoms with Gasteiger partial charge in [0, 0.05) is 30.2 Å². The molecule has 1 heterocycles. The van der Waals surface area contributed by atoms with Crippen molar-refractivity contribution in [2.45, 2.75) is 95.5 Å². The third kappa shape index (κ3) is 12.4. The maximum atomic E-state index is 14.4. The van der Waals surface area contributed by atoms with Crippen molar-refractivity contribution in [3.8, 4) is 33.8 Å². The average Bonchev–Trinajstić information content (AvgIpc) is 3.25. The Labute approximate surface area is 366 Å². The van der Waals surface area contributed by atoms with Gasteiger partial charge in [-0.05, 0) is 110 Å². The summed E-state index contributed by atoms with van der Waals surface area (Å²) < 4.78 is 0. The highest BCUT2D eigenvalue weighted by atomic mass is 16.4. The first-order chi connectivity index (χ1) is 30.1. The van der Waals surface area contributed by atoms with Crippen LogP contribution in [-0.4, -0.2) is 93.6 Å². The summed E-state index contributed by atoms with van der Waals surface area (Å²) in [5, 5.41) is 42.1. The number of amides is 5. The summed E-state index contributed by atoms with van der Waals surface area (Å²) in [6.07, 6.45) is 2.61. The van der Waals surface area contributed by atoms with Gasteiger partial charge in [-0.3, -0.25) is 24.0 Å². The van der Waals surface area contributed by atoms with Gasteiger partial charge in [0.15, 0.2) is 0 Å².